The lowest BCUT2D eigenvalue weighted by molar-refractivity contribution is -0.138. The molecule has 182 valence electrons. The van der Waals surface area contributed by atoms with Gasteiger partial charge in [0, 0.05) is 11.2 Å². The molecule has 0 saturated heterocycles. The Morgan fingerprint density at radius 1 is 0.971 bits per heavy atom. The molecule has 0 fully saturated rings. The molecule has 0 radical (unpaired) electrons. The molecule has 0 aromatic heterocycles. The minimum absolute atomic E-state index is 0.281. The summed E-state index contributed by atoms with van der Waals surface area (Å²) in [7, 11) is 0. The Labute approximate surface area is 214 Å². The Morgan fingerprint density at radius 2 is 1.63 bits per heavy atom. The third kappa shape index (κ3) is 9.23. The van der Waals surface area contributed by atoms with Gasteiger partial charge in [-0.05, 0) is 49.8 Å². The van der Waals surface area contributed by atoms with Crippen LogP contribution in [0, 0.1) is 6.92 Å². The Balaban J connectivity index is 1.48. The summed E-state index contributed by atoms with van der Waals surface area (Å²) in [6.07, 6.45) is 22.8. The maximum atomic E-state index is 11.6. The van der Waals surface area contributed by atoms with Crippen LogP contribution in [0.1, 0.15) is 54.4 Å². The number of carboxylic acids is 1. The van der Waals surface area contributed by atoms with Crippen LogP contribution in [-0.2, 0) is 4.79 Å². The van der Waals surface area contributed by atoms with E-state index >= 15 is 0 Å². The highest BCUT2D eigenvalue weighted by molar-refractivity contribution is 7.98. The van der Waals surface area contributed by atoms with E-state index in [0.29, 0.717) is 12.3 Å². The quantitative estimate of drug-likeness (QED) is 0.148. The number of benzene rings is 2. The molecular formula is C31H35NO2S. The lowest BCUT2D eigenvalue weighted by atomic mass is 9.89. The Morgan fingerprint density at radius 3 is 2.23 bits per heavy atom. The van der Waals surface area contributed by atoms with Gasteiger partial charge in [0.05, 0.1) is 0 Å². The standard InChI is InChI=1S/C31H35NO2S/c1-3-4-5-6-7-8-9-30(31(33)34)32-35-29-22-20-28(21-23-29)27-18-16-26(17-19-27)15-14-25-12-10-24(2)11-13-25/h3-8,10-20,22,28-30,32H,9,21,23H2,1-2H3,(H,33,34)/b4-3-,6-5-,8-7+,15-14+. The smallest absolute Gasteiger partial charge is 0.321 e. The lowest BCUT2D eigenvalue weighted by Gasteiger charge is -2.24. The average molecular weight is 486 g/mol. The lowest BCUT2D eigenvalue weighted by Crippen LogP contribution is -2.33. The van der Waals surface area contributed by atoms with E-state index in [1.165, 1.54) is 34.2 Å². The van der Waals surface area contributed by atoms with Gasteiger partial charge in [-0.3, -0.25) is 4.79 Å². The summed E-state index contributed by atoms with van der Waals surface area (Å²) >= 11 is 1.52. The number of nitrogens with one attached hydrogen (secondary N) is 1. The molecule has 2 N–H and O–H groups in total. The summed E-state index contributed by atoms with van der Waals surface area (Å²) in [5.41, 5.74) is 4.99. The third-order valence-corrected chi connectivity index (χ3v) is 7.04. The summed E-state index contributed by atoms with van der Waals surface area (Å²) in [6, 6.07) is 16.7. The molecule has 2 aromatic carbocycles. The molecule has 2 aromatic rings. The van der Waals surface area contributed by atoms with Crippen LogP contribution in [0.5, 0.6) is 0 Å². The maximum Gasteiger partial charge on any atom is 0.321 e. The molecule has 0 aliphatic heterocycles. The van der Waals surface area contributed by atoms with E-state index in [1.54, 1.807) is 0 Å². The van der Waals surface area contributed by atoms with Gasteiger partial charge in [0.2, 0.25) is 0 Å². The maximum absolute atomic E-state index is 11.6. The number of hydrogen-bond donors (Lipinski definition) is 2. The first-order valence-electron chi connectivity index (χ1n) is 12.2. The highest BCUT2D eigenvalue weighted by atomic mass is 32.2. The van der Waals surface area contributed by atoms with Crippen molar-refractivity contribution in [2.75, 3.05) is 0 Å². The third-order valence-electron chi connectivity index (χ3n) is 5.92. The fraction of sp³-hybridized carbons (Fsp3) is 0.258. The molecule has 1 aliphatic carbocycles. The molecule has 4 heteroatoms. The number of allylic oxidation sites excluding steroid dienone is 6. The molecule has 3 unspecified atom stereocenters. The van der Waals surface area contributed by atoms with Gasteiger partial charge in [-0.1, -0.05) is 127 Å². The van der Waals surface area contributed by atoms with Crippen molar-refractivity contribution >= 4 is 30.1 Å². The molecule has 35 heavy (non-hydrogen) atoms. The van der Waals surface area contributed by atoms with Crippen LogP contribution >= 0.6 is 11.9 Å². The second kappa shape index (κ2) is 14.3. The van der Waals surface area contributed by atoms with Crippen molar-refractivity contribution in [3.05, 3.63) is 119 Å². The highest BCUT2D eigenvalue weighted by Crippen LogP contribution is 2.32. The zero-order valence-electron chi connectivity index (χ0n) is 20.5. The number of aryl methyl sites for hydroxylation is 1. The zero-order valence-corrected chi connectivity index (χ0v) is 21.3. The van der Waals surface area contributed by atoms with Crippen molar-refractivity contribution in [2.45, 2.75) is 50.3 Å². The average Bonchev–Trinajstić information content (AvgIpc) is 2.88. The van der Waals surface area contributed by atoms with Crippen molar-refractivity contribution in [1.82, 2.24) is 4.72 Å². The Bertz CT molecular complexity index is 1080. The molecule has 3 atom stereocenters. The van der Waals surface area contributed by atoms with Crippen LogP contribution in [0.4, 0.5) is 0 Å². The van der Waals surface area contributed by atoms with Crippen molar-refractivity contribution in [3.63, 3.8) is 0 Å². The van der Waals surface area contributed by atoms with Crippen LogP contribution in [-0.4, -0.2) is 22.4 Å². The van der Waals surface area contributed by atoms with Gasteiger partial charge in [0.25, 0.3) is 0 Å². The van der Waals surface area contributed by atoms with E-state index in [9.17, 15) is 9.90 Å². The predicted molar refractivity (Wildman–Crippen MR) is 151 cm³/mol. The summed E-state index contributed by atoms with van der Waals surface area (Å²) < 4.78 is 3.15. The fourth-order valence-corrected chi connectivity index (χ4v) is 4.76. The highest BCUT2D eigenvalue weighted by Gasteiger charge is 2.21. The number of rotatable bonds is 11. The summed E-state index contributed by atoms with van der Waals surface area (Å²) in [5.74, 6) is -0.419. The minimum atomic E-state index is -0.825. The molecule has 3 rings (SSSR count). The number of aliphatic carboxylic acids is 1. The van der Waals surface area contributed by atoms with E-state index in [2.05, 4.69) is 84.5 Å². The van der Waals surface area contributed by atoms with Gasteiger partial charge in [-0.15, -0.1) is 0 Å². The second-order valence-corrected chi connectivity index (χ2v) is 9.80. The molecule has 0 amide bonds. The molecular weight excluding hydrogens is 450 g/mol. The van der Waals surface area contributed by atoms with Gasteiger partial charge in [0.1, 0.15) is 6.04 Å². The molecule has 0 bridgehead atoms. The fourth-order valence-electron chi connectivity index (χ4n) is 3.80. The van der Waals surface area contributed by atoms with Crippen LogP contribution in [0.15, 0.2) is 97.1 Å². The first-order valence-corrected chi connectivity index (χ1v) is 13.0. The Kier molecular flexibility index (Phi) is 10.9. The summed E-state index contributed by atoms with van der Waals surface area (Å²) in [6.45, 7) is 4.06. The van der Waals surface area contributed by atoms with E-state index in [-0.39, 0.29) is 5.25 Å². The molecule has 1 aliphatic rings. The van der Waals surface area contributed by atoms with Crippen molar-refractivity contribution in [2.24, 2.45) is 0 Å². The minimum Gasteiger partial charge on any atom is -0.480 e. The molecule has 0 spiro atoms. The van der Waals surface area contributed by atoms with Gasteiger partial charge >= 0.3 is 5.97 Å². The van der Waals surface area contributed by atoms with Crippen molar-refractivity contribution in [1.29, 1.82) is 0 Å². The topological polar surface area (TPSA) is 49.3 Å². The predicted octanol–water partition coefficient (Wildman–Crippen LogP) is 7.74. The van der Waals surface area contributed by atoms with Crippen LogP contribution in [0.25, 0.3) is 12.2 Å². The summed E-state index contributed by atoms with van der Waals surface area (Å²) in [4.78, 5) is 11.6. The van der Waals surface area contributed by atoms with Crippen molar-refractivity contribution in [3.8, 4) is 0 Å². The van der Waals surface area contributed by atoms with Crippen LogP contribution in [0.3, 0.4) is 0 Å². The SMILES string of the molecule is C\C=C/C=C\C=C\CC(NSC1C=CC(c2ccc(/C=C/c3ccc(C)cc3)cc2)CC1)C(=O)O. The van der Waals surface area contributed by atoms with Gasteiger partial charge < -0.3 is 5.11 Å². The van der Waals surface area contributed by atoms with Gasteiger partial charge in [0.15, 0.2) is 0 Å². The molecule has 0 heterocycles. The van der Waals surface area contributed by atoms with E-state index < -0.39 is 12.0 Å². The largest absolute Gasteiger partial charge is 0.480 e. The molecule has 0 saturated carbocycles. The van der Waals surface area contributed by atoms with E-state index in [4.69, 9.17) is 0 Å². The monoisotopic (exact) mass is 485 g/mol. The van der Waals surface area contributed by atoms with Crippen LogP contribution in [0.2, 0.25) is 0 Å². The second-order valence-electron chi connectivity index (χ2n) is 8.72. The van der Waals surface area contributed by atoms with Crippen LogP contribution < -0.4 is 4.72 Å². The number of hydrogen-bond acceptors (Lipinski definition) is 3. The van der Waals surface area contributed by atoms with E-state index in [1.807, 2.05) is 43.4 Å². The normalized spacial score (nSPS) is 19.4. The number of carbonyl (C=O) groups is 1. The zero-order chi connectivity index (χ0) is 24.9. The molecule has 3 nitrogen and oxygen atoms in total. The van der Waals surface area contributed by atoms with Gasteiger partial charge in [-0.2, -0.15) is 0 Å². The summed E-state index contributed by atoms with van der Waals surface area (Å²) in [5, 5.41) is 9.79. The van der Waals surface area contributed by atoms with E-state index in [0.717, 1.165) is 12.8 Å². The van der Waals surface area contributed by atoms with Gasteiger partial charge in [-0.25, -0.2) is 4.72 Å². The Hall–Kier alpha value is -3.08. The first-order chi connectivity index (χ1) is 17.0. The first kappa shape index (κ1) is 26.5. The van der Waals surface area contributed by atoms with Crippen molar-refractivity contribution < 1.29 is 9.90 Å². The number of carboxylic acid groups (broad SMARTS) is 1.